The van der Waals surface area contributed by atoms with Gasteiger partial charge in [0.1, 0.15) is 35.9 Å². The zero-order chi connectivity index (χ0) is 29.3. The molecule has 2 heterocycles. The molecule has 0 bridgehead atoms. The molecule has 2 aliphatic rings. The highest BCUT2D eigenvalue weighted by molar-refractivity contribution is 5.52. The van der Waals surface area contributed by atoms with Crippen LogP contribution in [0, 0.1) is 0 Å². The summed E-state index contributed by atoms with van der Waals surface area (Å²) in [7, 11) is 0. The zero-order valence-electron chi connectivity index (χ0n) is 26.2. The first-order valence-corrected chi connectivity index (χ1v) is 14.3. The second-order valence-electron chi connectivity index (χ2n) is 15.7. The Balaban J connectivity index is 1.85. The largest absolute Gasteiger partial charge is 0.507 e. The van der Waals surface area contributed by atoms with Crippen molar-refractivity contribution >= 4 is 0 Å². The fourth-order valence-corrected chi connectivity index (χ4v) is 5.31. The molecule has 216 valence electrons. The molecule has 2 aromatic carbocycles. The summed E-state index contributed by atoms with van der Waals surface area (Å²) in [6, 6.07) is 8.39. The second-order valence-corrected chi connectivity index (χ2v) is 15.7. The van der Waals surface area contributed by atoms with Gasteiger partial charge in [-0.2, -0.15) is 0 Å². The minimum absolute atomic E-state index is 0.0577. The lowest BCUT2D eigenvalue weighted by Crippen LogP contribution is -2.24. The molecule has 0 aliphatic carbocycles. The molecular weight excluding hydrogens is 488 g/mol. The van der Waals surface area contributed by atoms with E-state index in [-0.39, 0.29) is 46.1 Å². The third-order valence-corrected chi connectivity index (χ3v) is 7.84. The molecule has 2 fully saturated rings. The van der Waals surface area contributed by atoms with Crippen LogP contribution in [0.4, 0.5) is 0 Å². The standard InChI is InChI=1S/C34H50O5/c1-31(2,3)21-13-19(14-22(27(21)35)32(4,5)6)29(25-17-37-25)39-30(26-18-38-26)20-15-23(33(7,8)9)28(36)24(16-20)34(10,11)12/h13-16,25-26,29-30,35-36H,17-18H2,1-12H3. The van der Waals surface area contributed by atoms with Crippen LogP contribution in [0.1, 0.15) is 129 Å². The number of phenols is 2. The lowest BCUT2D eigenvalue weighted by Gasteiger charge is -2.32. The molecule has 5 heteroatoms. The summed E-state index contributed by atoms with van der Waals surface area (Å²) in [5, 5.41) is 22.6. The highest BCUT2D eigenvalue weighted by atomic mass is 16.6. The number of rotatable bonds is 6. The molecule has 0 amide bonds. The fraction of sp³-hybridized carbons (Fsp3) is 0.647. The summed E-state index contributed by atoms with van der Waals surface area (Å²) in [4.78, 5) is 0. The SMILES string of the molecule is CC(C)(C)c1cc(C(OC(c2cc(C(C)(C)C)c(O)c(C(C)(C)C)c2)C2CO2)C2CO2)cc(C(C)(C)C)c1O. The number of ether oxygens (including phenoxy) is 3. The van der Waals surface area contributed by atoms with Gasteiger partial charge in [0.15, 0.2) is 0 Å². The Hall–Kier alpha value is -2.08. The molecule has 0 saturated carbocycles. The number of aromatic hydroxyl groups is 2. The van der Waals surface area contributed by atoms with Gasteiger partial charge in [0.25, 0.3) is 0 Å². The molecule has 2 N–H and O–H groups in total. The summed E-state index contributed by atoms with van der Waals surface area (Å²) in [5.41, 5.74) is 4.70. The molecule has 4 rings (SSSR count). The third kappa shape index (κ3) is 6.47. The van der Waals surface area contributed by atoms with Crippen LogP contribution in [0.3, 0.4) is 0 Å². The van der Waals surface area contributed by atoms with Gasteiger partial charge in [-0.1, -0.05) is 83.1 Å². The van der Waals surface area contributed by atoms with E-state index in [1.165, 1.54) is 0 Å². The van der Waals surface area contributed by atoms with Gasteiger partial charge < -0.3 is 24.4 Å². The topological polar surface area (TPSA) is 74.8 Å². The molecule has 5 nitrogen and oxygen atoms in total. The van der Waals surface area contributed by atoms with Crippen LogP contribution in [0.15, 0.2) is 24.3 Å². The van der Waals surface area contributed by atoms with E-state index < -0.39 is 0 Å². The third-order valence-electron chi connectivity index (χ3n) is 7.84. The van der Waals surface area contributed by atoms with E-state index >= 15 is 0 Å². The summed E-state index contributed by atoms with van der Waals surface area (Å²) >= 11 is 0. The Bertz CT molecular complexity index is 1040. The van der Waals surface area contributed by atoms with Crippen LogP contribution in [0.5, 0.6) is 11.5 Å². The van der Waals surface area contributed by atoms with Crippen molar-refractivity contribution < 1.29 is 24.4 Å². The summed E-state index contributed by atoms with van der Waals surface area (Å²) in [6.45, 7) is 26.8. The number of hydrogen-bond donors (Lipinski definition) is 2. The number of hydrogen-bond acceptors (Lipinski definition) is 5. The Kier molecular flexibility index (Phi) is 7.50. The smallest absolute Gasteiger partial charge is 0.123 e. The van der Waals surface area contributed by atoms with Crippen molar-refractivity contribution in [2.24, 2.45) is 0 Å². The van der Waals surface area contributed by atoms with E-state index in [4.69, 9.17) is 14.2 Å². The van der Waals surface area contributed by atoms with Crippen molar-refractivity contribution in [1.29, 1.82) is 0 Å². The monoisotopic (exact) mass is 538 g/mol. The Labute approximate surface area is 235 Å². The quantitative estimate of drug-likeness (QED) is 0.366. The lowest BCUT2D eigenvalue weighted by atomic mass is 9.77. The Morgan fingerprint density at radius 3 is 0.974 bits per heavy atom. The predicted octanol–water partition coefficient (Wildman–Crippen LogP) is 7.88. The molecule has 0 spiro atoms. The summed E-state index contributed by atoms with van der Waals surface area (Å²) in [6.07, 6.45) is -0.741. The molecule has 2 saturated heterocycles. The first-order chi connectivity index (χ1) is 17.7. The maximum absolute atomic E-state index is 11.3. The highest BCUT2D eigenvalue weighted by Gasteiger charge is 2.44. The van der Waals surface area contributed by atoms with Gasteiger partial charge in [-0.25, -0.2) is 0 Å². The minimum Gasteiger partial charge on any atom is -0.507 e. The Morgan fingerprint density at radius 2 is 0.795 bits per heavy atom. The van der Waals surface area contributed by atoms with Gasteiger partial charge in [-0.05, 0) is 79.3 Å². The van der Waals surface area contributed by atoms with Crippen LogP contribution in [0.25, 0.3) is 0 Å². The van der Waals surface area contributed by atoms with Crippen molar-refractivity contribution in [3.05, 3.63) is 57.6 Å². The van der Waals surface area contributed by atoms with Gasteiger partial charge in [0.05, 0.1) is 13.2 Å². The maximum atomic E-state index is 11.3. The van der Waals surface area contributed by atoms with E-state index in [2.05, 4.69) is 107 Å². The predicted molar refractivity (Wildman–Crippen MR) is 157 cm³/mol. The van der Waals surface area contributed by atoms with E-state index in [9.17, 15) is 10.2 Å². The average Bonchev–Trinajstić information content (AvgIpc) is 3.66. The summed E-state index contributed by atoms with van der Waals surface area (Å²) < 4.78 is 18.7. The Morgan fingerprint density at radius 1 is 0.564 bits per heavy atom. The normalized spacial score (nSPS) is 21.5. The molecule has 4 unspecified atom stereocenters. The van der Waals surface area contributed by atoms with Gasteiger partial charge >= 0.3 is 0 Å². The average molecular weight is 539 g/mol. The fourth-order valence-electron chi connectivity index (χ4n) is 5.31. The van der Waals surface area contributed by atoms with Crippen LogP contribution in [-0.2, 0) is 35.9 Å². The number of benzene rings is 2. The first-order valence-electron chi connectivity index (χ1n) is 14.3. The van der Waals surface area contributed by atoms with Crippen molar-refractivity contribution in [3.8, 4) is 11.5 Å². The number of phenolic OH excluding ortho intramolecular Hbond substituents is 2. The van der Waals surface area contributed by atoms with Crippen molar-refractivity contribution in [2.45, 2.75) is 129 Å². The van der Waals surface area contributed by atoms with Crippen molar-refractivity contribution in [1.82, 2.24) is 0 Å². The molecule has 0 aromatic heterocycles. The molecule has 2 aliphatic heterocycles. The van der Waals surface area contributed by atoms with Crippen LogP contribution in [0.2, 0.25) is 0 Å². The van der Waals surface area contributed by atoms with Crippen LogP contribution < -0.4 is 0 Å². The van der Waals surface area contributed by atoms with Crippen molar-refractivity contribution in [3.63, 3.8) is 0 Å². The second kappa shape index (κ2) is 9.78. The molecule has 0 radical (unpaired) electrons. The molecular formula is C34H50O5. The van der Waals surface area contributed by atoms with Gasteiger partial charge in [0, 0.05) is 0 Å². The maximum Gasteiger partial charge on any atom is 0.123 e. The molecule has 4 atom stereocenters. The first kappa shape index (κ1) is 29.9. The minimum atomic E-state index is -0.313. The van der Waals surface area contributed by atoms with E-state index in [1.54, 1.807) is 0 Å². The van der Waals surface area contributed by atoms with Gasteiger partial charge in [0.2, 0.25) is 0 Å². The molecule has 39 heavy (non-hydrogen) atoms. The van der Waals surface area contributed by atoms with Crippen LogP contribution >= 0.6 is 0 Å². The van der Waals surface area contributed by atoms with Crippen LogP contribution in [-0.4, -0.2) is 35.6 Å². The van der Waals surface area contributed by atoms with E-state index in [1.807, 2.05) is 0 Å². The summed E-state index contributed by atoms with van der Waals surface area (Å²) in [5.74, 6) is 0.721. The van der Waals surface area contributed by atoms with E-state index in [0.717, 1.165) is 33.4 Å². The molecule has 2 aromatic rings. The van der Waals surface area contributed by atoms with Gasteiger partial charge in [-0.15, -0.1) is 0 Å². The zero-order valence-corrected chi connectivity index (χ0v) is 26.2. The van der Waals surface area contributed by atoms with Crippen molar-refractivity contribution in [2.75, 3.05) is 13.2 Å². The lowest BCUT2D eigenvalue weighted by molar-refractivity contribution is -0.0421. The highest BCUT2D eigenvalue weighted by Crippen LogP contribution is 2.48. The van der Waals surface area contributed by atoms with E-state index in [0.29, 0.717) is 24.7 Å². The number of epoxide rings is 2. The van der Waals surface area contributed by atoms with Gasteiger partial charge in [-0.3, -0.25) is 0 Å².